The minimum Gasteiger partial charge on any atom is -0.378 e. The fraction of sp³-hybridized carbons (Fsp3) is 1.00. The van der Waals surface area contributed by atoms with Crippen LogP contribution in [-0.4, -0.2) is 25.3 Å². The Morgan fingerprint density at radius 2 is 1.62 bits per heavy atom. The molecule has 2 nitrogen and oxygen atoms in total. The quantitative estimate of drug-likeness (QED) is 0.742. The number of piperidine rings is 1. The van der Waals surface area contributed by atoms with E-state index in [1.54, 1.807) is 0 Å². The first-order valence-corrected chi connectivity index (χ1v) is 7.30. The van der Waals surface area contributed by atoms with Crippen LogP contribution in [0.25, 0.3) is 0 Å². The Labute approximate surface area is 100 Å². The van der Waals surface area contributed by atoms with E-state index in [0.29, 0.717) is 6.10 Å². The molecule has 0 spiro atoms. The summed E-state index contributed by atoms with van der Waals surface area (Å²) in [7, 11) is 0. The average molecular weight is 225 g/mol. The van der Waals surface area contributed by atoms with Crippen molar-refractivity contribution in [3.8, 4) is 0 Å². The van der Waals surface area contributed by atoms with Gasteiger partial charge >= 0.3 is 0 Å². The summed E-state index contributed by atoms with van der Waals surface area (Å²) in [6.45, 7) is 2.19. The Hall–Kier alpha value is -0.0800. The van der Waals surface area contributed by atoms with Crippen molar-refractivity contribution in [1.29, 1.82) is 0 Å². The molecule has 1 aliphatic carbocycles. The van der Waals surface area contributed by atoms with Gasteiger partial charge in [-0.05, 0) is 38.6 Å². The third kappa shape index (κ3) is 4.42. The molecule has 0 bridgehead atoms. The van der Waals surface area contributed by atoms with Gasteiger partial charge in [-0.25, -0.2) is 0 Å². The third-order valence-corrected chi connectivity index (χ3v) is 4.03. The van der Waals surface area contributed by atoms with Gasteiger partial charge in [-0.3, -0.25) is 0 Å². The van der Waals surface area contributed by atoms with Gasteiger partial charge in [0.15, 0.2) is 0 Å². The first-order valence-electron chi connectivity index (χ1n) is 7.30. The summed E-state index contributed by atoms with van der Waals surface area (Å²) in [5.41, 5.74) is 0. The topological polar surface area (TPSA) is 21.3 Å². The van der Waals surface area contributed by atoms with E-state index in [4.69, 9.17) is 4.74 Å². The highest BCUT2D eigenvalue weighted by molar-refractivity contribution is 4.72. The van der Waals surface area contributed by atoms with Crippen molar-refractivity contribution in [3.63, 3.8) is 0 Å². The Morgan fingerprint density at radius 3 is 2.31 bits per heavy atom. The van der Waals surface area contributed by atoms with Gasteiger partial charge in [0.1, 0.15) is 0 Å². The largest absolute Gasteiger partial charge is 0.378 e. The Kier molecular flexibility index (Phi) is 5.64. The van der Waals surface area contributed by atoms with Gasteiger partial charge in [0.2, 0.25) is 0 Å². The molecule has 1 atom stereocenters. The van der Waals surface area contributed by atoms with Gasteiger partial charge in [-0.15, -0.1) is 0 Å². The molecule has 2 aliphatic rings. The van der Waals surface area contributed by atoms with Crippen molar-refractivity contribution >= 4 is 0 Å². The van der Waals surface area contributed by atoms with Gasteiger partial charge in [-0.1, -0.05) is 32.1 Å². The summed E-state index contributed by atoms with van der Waals surface area (Å²) < 4.78 is 6.03. The maximum atomic E-state index is 6.03. The van der Waals surface area contributed by atoms with E-state index >= 15 is 0 Å². The molecule has 1 unspecified atom stereocenters. The molecule has 94 valence electrons. The second-order valence-corrected chi connectivity index (χ2v) is 5.42. The van der Waals surface area contributed by atoms with E-state index in [9.17, 15) is 0 Å². The minimum atomic E-state index is 0.575. The highest BCUT2D eigenvalue weighted by atomic mass is 16.5. The first kappa shape index (κ1) is 12.4. The molecule has 1 heterocycles. The van der Waals surface area contributed by atoms with Crippen LogP contribution in [0.5, 0.6) is 0 Å². The molecule has 0 aromatic rings. The fourth-order valence-electron chi connectivity index (χ4n) is 2.96. The van der Waals surface area contributed by atoms with Crippen LogP contribution in [0.2, 0.25) is 0 Å². The number of ether oxygens (including phenoxy) is 1. The normalized spacial score (nSPS) is 28.9. The predicted molar refractivity (Wildman–Crippen MR) is 67.7 cm³/mol. The van der Waals surface area contributed by atoms with Crippen molar-refractivity contribution in [2.45, 2.75) is 76.4 Å². The molecule has 0 aromatic carbocycles. The van der Waals surface area contributed by atoms with E-state index in [1.165, 1.54) is 70.8 Å². The standard InChI is InChI=1S/C14H27NO/c1-2-4-9-14(8-3-1)16-12-10-13-7-5-6-11-15-13/h13-15H,1-12H2. The molecular weight excluding hydrogens is 198 g/mol. The maximum Gasteiger partial charge on any atom is 0.0575 e. The van der Waals surface area contributed by atoms with Gasteiger partial charge in [0.05, 0.1) is 6.10 Å². The van der Waals surface area contributed by atoms with Crippen LogP contribution in [0.15, 0.2) is 0 Å². The molecule has 2 heteroatoms. The van der Waals surface area contributed by atoms with Gasteiger partial charge < -0.3 is 10.1 Å². The fourth-order valence-corrected chi connectivity index (χ4v) is 2.96. The summed E-state index contributed by atoms with van der Waals surface area (Å²) in [6.07, 6.45) is 14.1. The molecular formula is C14H27NO. The lowest BCUT2D eigenvalue weighted by atomic mass is 10.0. The van der Waals surface area contributed by atoms with Crippen molar-refractivity contribution in [1.82, 2.24) is 5.32 Å². The van der Waals surface area contributed by atoms with E-state index in [0.717, 1.165) is 12.6 Å². The van der Waals surface area contributed by atoms with Crippen LogP contribution in [0.4, 0.5) is 0 Å². The lowest BCUT2D eigenvalue weighted by Gasteiger charge is -2.24. The number of rotatable bonds is 4. The molecule has 1 saturated carbocycles. The summed E-state index contributed by atoms with van der Waals surface area (Å²) in [5.74, 6) is 0. The zero-order valence-corrected chi connectivity index (χ0v) is 10.5. The van der Waals surface area contributed by atoms with Crippen molar-refractivity contribution in [2.75, 3.05) is 13.2 Å². The Balaban J connectivity index is 1.55. The molecule has 2 rings (SSSR count). The SMILES string of the molecule is C1CCCC(OCCC2CCCCN2)CC1. The molecule has 0 aromatic heterocycles. The van der Waals surface area contributed by atoms with Crippen molar-refractivity contribution in [3.05, 3.63) is 0 Å². The number of hydrogen-bond donors (Lipinski definition) is 1. The van der Waals surface area contributed by atoms with Crippen LogP contribution in [0, 0.1) is 0 Å². The van der Waals surface area contributed by atoms with E-state index < -0.39 is 0 Å². The maximum absolute atomic E-state index is 6.03. The van der Waals surface area contributed by atoms with Crippen LogP contribution < -0.4 is 5.32 Å². The van der Waals surface area contributed by atoms with Crippen LogP contribution in [-0.2, 0) is 4.74 Å². The monoisotopic (exact) mass is 225 g/mol. The highest BCUT2D eigenvalue weighted by Gasteiger charge is 2.15. The zero-order chi connectivity index (χ0) is 11.1. The molecule has 2 fully saturated rings. The third-order valence-electron chi connectivity index (χ3n) is 4.03. The van der Waals surface area contributed by atoms with E-state index in [1.807, 2.05) is 0 Å². The minimum absolute atomic E-state index is 0.575. The second-order valence-electron chi connectivity index (χ2n) is 5.42. The number of nitrogens with one attached hydrogen (secondary N) is 1. The van der Waals surface area contributed by atoms with Gasteiger partial charge in [0.25, 0.3) is 0 Å². The molecule has 0 radical (unpaired) electrons. The van der Waals surface area contributed by atoms with Gasteiger partial charge in [0, 0.05) is 12.6 Å². The van der Waals surface area contributed by atoms with Crippen LogP contribution in [0.3, 0.4) is 0 Å². The Bertz CT molecular complexity index is 170. The summed E-state index contributed by atoms with van der Waals surface area (Å²) in [4.78, 5) is 0. The zero-order valence-electron chi connectivity index (χ0n) is 10.5. The first-order chi connectivity index (χ1) is 7.95. The lowest BCUT2D eigenvalue weighted by Crippen LogP contribution is -2.35. The molecule has 1 N–H and O–H groups in total. The van der Waals surface area contributed by atoms with Crippen LogP contribution >= 0.6 is 0 Å². The van der Waals surface area contributed by atoms with Crippen LogP contribution in [0.1, 0.15) is 64.2 Å². The van der Waals surface area contributed by atoms with E-state index in [2.05, 4.69) is 5.32 Å². The lowest BCUT2D eigenvalue weighted by molar-refractivity contribution is 0.0363. The predicted octanol–water partition coefficient (Wildman–Crippen LogP) is 3.26. The molecule has 1 saturated heterocycles. The molecule has 1 aliphatic heterocycles. The molecule has 0 amide bonds. The summed E-state index contributed by atoms with van der Waals surface area (Å²) in [5, 5.41) is 3.59. The van der Waals surface area contributed by atoms with Crippen molar-refractivity contribution < 1.29 is 4.74 Å². The smallest absolute Gasteiger partial charge is 0.0575 e. The summed E-state index contributed by atoms with van der Waals surface area (Å²) >= 11 is 0. The molecule has 16 heavy (non-hydrogen) atoms. The highest BCUT2D eigenvalue weighted by Crippen LogP contribution is 2.20. The second kappa shape index (κ2) is 7.29. The van der Waals surface area contributed by atoms with Crippen molar-refractivity contribution in [2.24, 2.45) is 0 Å². The number of hydrogen-bond acceptors (Lipinski definition) is 2. The summed E-state index contributed by atoms with van der Waals surface area (Å²) in [6, 6.07) is 0.736. The Morgan fingerprint density at radius 1 is 0.875 bits per heavy atom. The van der Waals surface area contributed by atoms with E-state index in [-0.39, 0.29) is 0 Å². The van der Waals surface area contributed by atoms with Gasteiger partial charge in [-0.2, -0.15) is 0 Å². The average Bonchev–Trinajstić information content (AvgIpc) is 2.59.